The van der Waals surface area contributed by atoms with Crippen molar-refractivity contribution in [2.45, 2.75) is 45.2 Å². The summed E-state index contributed by atoms with van der Waals surface area (Å²) in [5.41, 5.74) is 0. The van der Waals surface area contributed by atoms with Crippen molar-refractivity contribution < 1.29 is 0 Å². The van der Waals surface area contributed by atoms with Gasteiger partial charge in [-0.05, 0) is 58.3 Å². The van der Waals surface area contributed by atoms with E-state index in [1.54, 1.807) is 0 Å². The highest BCUT2D eigenvalue weighted by Crippen LogP contribution is 2.34. The monoisotopic (exact) mass is 253 g/mol. The fourth-order valence-corrected chi connectivity index (χ4v) is 3.17. The summed E-state index contributed by atoms with van der Waals surface area (Å²) in [4.78, 5) is 5.05. The highest BCUT2D eigenvalue weighted by molar-refractivity contribution is 4.95. The minimum Gasteiger partial charge on any atom is -0.311 e. The first kappa shape index (κ1) is 14.3. The fraction of sp³-hybridized carbons (Fsp3) is 1.00. The average Bonchev–Trinajstić information content (AvgIpc) is 3.11. The molecule has 0 spiro atoms. The number of nitrogens with one attached hydrogen (secondary N) is 1. The van der Waals surface area contributed by atoms with Gasteiger partial charge in [0.1, 0.15) is 0 Å². The molecule has 0 aromatic carbocycles. The molecule has 0 radical (unpaired) electrons. The van der Waals surface area contributed by atoms with E-state index in [1.807, 2.05) is 0 Å². The normalized spacial score (nSPS) is 30.3. The fourth-order valence-electron chi connectivity index (χ4n) is 3.17. The van der Waals surface area contributed by atoms with Crippen LogP contribution in [0.4, 0.5) is 0 Å². The number of nitrogens with zero attached hydrogens (tertiary/aromatic N) is 2. The lowest BCUT2D eigenvalue weighted by molar-refractivity contribution is 0.0889. The average molecular weight is 253 g/mol. The first-order chi connectivity index (χ1) is 8.58. The molecule has 1 heterocycles. The minimum absolute atomic E-state index is 0.738. The van der Waals surface area contributed by atoms with Gasteiger partial charge in [0.05, 0.1) is 0 Å². The summed E-state index contributed by atoms with van der Waals surface area (Å²) >= 11 is 0. The molecule has 106 valence electrons. The van der Waals surface area contributed by atoms with Gasteiger partial charge in [0.25, 0.3) is 0 Å². The lowest BCUT2D eigenvalue weighted by Crippen LogP contribution is -2.59. The van der Waals surface area contributed by atoms with Gasteiger partial charge in [0, 0.05) is 25.2 Å². The Morgan fingerprint density at radius 3 is 2.56 bits per heavy atom. The molecule has 0 aromatic heterocycles. The van der Waals surface area contributed by atoms with Gasteiger partial charge in [-0.25, -0.2) is 0 Å². The molecule has 2 aliphatic rings. The first-order valence-corrected chi connectivity index (χ1v) is 7.70. The molecule has 18 heavy (non-hydrogen) atoms. The van der Waals surface area contributed by atoms with Gasteiger partial charge in [-0.2, -0.15) is 0 Å². The molecule has 2 fully saturated rings. The second-order valence-electron chi connectivity index (χ2n) is 6.82. The molecule has 2 unspecified atom stereocenters. The Bertz CT molecular complexity index is 248. The lowest BCUT2D eigenvalue weighted by atomic mass is 9.96. The van der Waals surface area contributed by atoms with Crippen LogP contribution in [0.1, 0.15) is 33.1 Å². The van der Waals surface area contributed by atoms with E-state index < -0.39 is 0 Å². The van der Waals surface area contributed by atoms with Crippen molar-refractivity contribution in [1.82, 2.24) is 15.1 Å². The maximum Gasteiger partial charge on any atom is 0.0244 e. The largest absolute Gasteiger partial charge is 0.311 e. The molecule has 1 saturated heterocycles. The van der Waals surface area contributed by atoms with Crippen LogP contribution in [-0.4, -0.2) is 62.2 Å². The Labute approximate surface area is 113 Å². The van der Waals surface area contributed by atoms with Crippen molar-refractivity contribution in [1.29, 1.82) is 0 Å². The first-order valence-electron chi connectivity index (χ1n) is 7.70. The number of hydrogen-bond donors (Lipinski definition) is 1. The predicted octanol–water partition coefficient (Wildman–Crippen LogP) is 1.65. The highest BCUT2D eigenvalue weighted by atomic mass is 15.2. The summed E-state index contributed by atoms with van der Waals surface area (Å²) in [5, 5.41) is 3.79. The minimum atomic E-state index is 0.738. The Balaban J connectivity index is 1.83. The van der Waals surface area contributed by atoms with E-state index in [-0.39, 0.29) is 0 Å². The van der Waals surface area contributed by atoms with Crippen molar-refractivity contribution >= 4 is 0 Å². The quantitative estimate of drug-likeness (QED) is 0.776. The standard InChI is InChI=1S/C15H31N3/c1-12(2)15-10-16-14(13-6-7-13)11-18(15)9-5-8-17(3)4/h12-16H,5-11H2,1-4H3. The van der Waals surface area contributed by atoms with Crippen molar-refractivity contribution in [3.63, 3.8) is 0 Å². The van der Waals surface area contributed by atoms with E-state index in [9.17, 15) is 0 Å². The number of hydrogen-bond acceptors (Lipinski definition) is 3. The van der Waals surface area contributed by atoms with E-state index in [0.29, 0.717) is 0 Å². The SMILES string of the molecule is CC(C)C1CNC(C2CC2)CN1CCCN(C)C. The van der Waals surface area contributed by atoms with Crippen molar-refractivity contribution in [2.24, 2.45) is 11.8 Å². The third-order valence-electron chi connectivity index (χ3n) is 4.50. The van der Waals surface area contributed by atoms with Crippen LogP contribution in [0.2, 0.25) is 0 Å². The van der Waals surface area contributed by atoms with Crippen LogP contribution < -0.4 is 5.32 Å². The molecule has 3 heteroatoms. The third kappa shape index (κ3) is 3.94. The molecule has 1 aliphatic carbocycles. The number of piperazine rings is 1. The maximum absolute atomic E-state index is 3.79. The zero-order valence-corrected chi connectivity index (χ0v) is 12.7. The van der Waals surface area contributed by atoms with Crippen molar-refractivity contribution in [3.05, 3.63) is 0 Å². The van der Waals surface area contributed by atoms with Gasteiger partial charge in [-0.15, -0.1) is 0 Å². The molecule has 3 nitrogen and oxygen atoms in total. The van der Waals surface area contributed by atoms with Crippen LogP contribution in [0.25, 0.3) is 0 Å². The van der Waals surface area contributed by atoms with Crippen LogP contribution >= 0.6 is 0 Å². The summed E-state index contributed by atoms with van der Waals surface area (Å²) < 4.78 is 0. The molecule has 2 rings (SSSR count). The van der Waals surface area contributed by atoms with Gasteiger partial charge in [0.2, 0.25) is 0 Å². The topological polar surface area (TPSA) is 18.5 Å². The molecule has 0 aromatic rings. The van der Waals surface area contributed by atoms with E-state index in [0.717, 1.165) is 23.9 Å². The molecule has 1 aliphatic heterocycles. The molecule has 0 amide bonds. The van der Waals surface area contributed by atoms with Crippen LogP contribution in [0, 0.1) is 11.8 Å². The molecule has 1 saturated carbocycles. The summed E-state index contributed by atoms with van der Waals surface area (Å²) in [5.74, 6) is 1.74. The molecule has 0 bridgehead atoms. The molecule has 2 atom stereocenters. The summed E-state index contributed by atoms with van der Waals surface area (Å²) in [6.07, 6.45) is 4.21. The van der Waals surface area contributed by atoms with Crippen molar-refractivity contribution in [2.75, 3.05) is 40.3 Å². The van der Waals surface area contributed by atoms with Gasteiger partial charge < -0.3 is 10.2 Å². The Morgan fingerprint density at radius 2 is 2.00 bits per heavy atom. The van der Waals surface area contributed by atoms with E-state index in [1.165, 1.54) is 45.4 Å². The van der Waals surface area contributed by atoms with Crippen LogP contribution in [0.5, 0.6) is 0 Å². The molecular formula is C15H31N3. The van der Waals surface area contributed by atoms with Crippen LogP contribution in [0.3, 0.4) is 0 Å². The Morgan fingerprint density at radius 1 is 1.28 bits per heavy atom. The number of rotatable bonds is 6. The summed E-state index contributed by atoms with van der Waals surface area (Å²) in [6.45, 7) is 9.68. The maximum atomic E-state index is 3.79. The third-order valence-corrected chi connectivity index (χ3v) is 4.50. The second kappa shape index (κ2) is 6.36. The summed E-state index contributed by atoms with van der Waals surface area (Å²) in [7, 11) is 4.34. The van der Waals surface area contributed by atoms with E-state index in [4.69, 9.17) is 0 Å². The van der Waals surface area contributed by atoms with Crippen LogP contribution in [0.15, 0.2) is 0 Å². The van der Waals surface area contributed by atoms with Gasteiger partial charge in [-0.1, -0.05) is 13.8 Å². The lowest BCUT2D eigenvalue weighted by Gasteiger charge is -2.43. The Kier molecular flexibility index (Phi) is 5.05. The zero-order chi connectivity index (χ0) is 13.1. The smallest absolute Gasteiger partial charge is 0.0244 e. The van der Waals surface area contributed by atoms with E-state index in [2.05, 4.69) is 43.1 Å². The summed E-state index contributed by atoms with van der Waals surface area (Å²) in [6, 6.07) is 1.52. The Hall–Kier alpha value is -0.120. The predicted molar refractivity (Wildman–Crippen MR) is 77.9 cm³/mol. The van der Waals surface area contributed by atoms with E-state index >= 15 is 0 Å². The highest BCUT2D eigenvalue weighted by Gasteiger charge is 2.37. The molecular weight excluding hydrogens is 222 g/mol. The second-order valence-corrected chi connectivity index (χ2v) is 6.82. The van der Waals surface area contributed by atoms with Gasteiger partial charge >= 0.3 is 0 Å². The zero-order valence-electron chi connectivity index (χ0n) is 12.7. The van der Waals surface area contributed by atoms with Gasteiger partial charge in [-0.3, -0.25) is 4.90 Å². The van der Waals surface area contributed by atoms with Gasteiger partial charge in [0.15, 0.2) is 0 Å². The van der Waals surface area contributed by atoms with Crippen molar-refractivity contribution in [3.8, 4) is 0 Å². The molecule has 1 N–H and O–H groups in total. The van der Waals surface area contributed by atoms with Crippen LogP contribution in [-0.2, 0) is 0 Å².